The van der Waals surface area contributed by atoms with Gasteiger partial charge in [-0.2, -0.15) is 13.2 Å². The van der Waals surface area contributed by atoms with E-state index in [0.717, 1.165) is 12.1 Å². The van der Waals surface area contributed by atoms with Crippen LogP contribution < -0.4 is 0 Å². The molecule has 0 spiro atoms. The summed E-state index contributed by atoms with van der Waals surface area (Å²) in [5, 5.41) is 8.58. The number of alkyl halides is 3. The molecule has 0 aromatic heterocycles. The van der Waals surface area contributed by atoms with Crippen molar-refractivity contribution in [2.45, 2.75) is 25.4 Å². The molecule has 0 fully saturated rings. The molecule has 1 aromatic rings. The number of hydrogen-bond donors (Lipinski definition) is 1. The van der Waals surface area contributed by atoms with Crippen LogP contribution in [-0.4, -0.2) is 17.3 Å². The lowest BCUT2D eigenvalue weighted by Gasteiger charge is -2.16. The molecule has 100 valence electrons. The fraction of sp³-hybridized carbons (Fsp3) is 0.417. The molecule has 0 heterocycles. The molecule has 0 saturated heterocycles. The zero-order chi connectivity index (χ0) is 13.8. The Morgan fingerprint density at radius 3 is 2.22 bits per heavy atom. The summed E-state index contributed by atoms with van der Waals surface area (Å²) < 4.78 is 49.4. The third-order valence-corrected chi connectivity index (χ3v) is 2.42. The van der Waals surface area contributed by atoms with Crippen molar-refractivity contribution in [1.29, 1.82) is 0 Å². The van der Waals surface area contributed by atoms with E-state index in [2.05, 4.69) is 0 Å². The largest absolute Gasteiger partial charge is 0.481 e. The molecule has 1 atom stereocenters. The molecule has 1 unspecified atom stereocenters. The minimum atomic E-state index is -4.40. The molecular weight excluding hydrogens is 252 g/mol. The maximum absolute atomic E-state index is 12.6. The van der Waals surface area contributed by atoms with Crippen molar-refractivity contribution in [3.05, 3.63) is 35.6 Å². The number of carboxylic acids is 1. The summed E-state index contributed by atoms with van der Waals surface area (Å²) in [6.07, 6.45) is -6.15. The summed E-state index contributed by atoms with van der Waals surface area (Å²) in [7, 11) is 0. The molecule has 2 nitrogen and oxygen atoms in total. The molecule has 0 aliphatic heterocycles. The molecule has 0 aliphatic rings. The van der Waals surface area contributed by atoms with E-state index in [1.807, 2.05) is 0 Å². The van der Waals surface area contributed by atoms with E-state index in [1.165, 1.54) is 12.1 Å². The fourth-order valence-corrected chi connectivity index (χ4v) is 1.74. The highest BCUT2D eigenvalue weighted by atomic mass is 19.4. The standard InChI is InChI=1S/C12H12F4O2/c13-10-3-1-8(2-4-10)5-9(6-11(17)18)7-12(14,15)16/h1-4,9H,5-7H2,(H,17,18). The number of hydrogen-bond acceptors (Lipinski definition) is 1. The van der Waals surface area contributed by atoms with Crippen LogP contribution in [0.25, 0.3) is 0 Å². The van der Waals surface area contributed by atoms with Crippen LogP contribution in [0.2, 0.25) is 0 Å². The van der Waals surface area contributed by atoms with Gasteiger partial charge in [0.15, 0.2) is 0 Å². The lowest BCUT2D eigenvalue weighted by Crippen LogP contribution is -2.19. The quantitative estimate of drug-likeness (QED) is 0.827. The second kappa shape index (κ2) is 5.84. The topological polar surface area (TPSA) is 37.3 Å². The van der Waals surface area contributed by atoms with Crippen LogP contribution >= 0.6 is 0 Å². The number of carboxylic acid groups (broad SMARTS) is 1. The van der Waals surface area contributed by atoms with E-state index >= 15 is 0 Å². The third-order valence-electron chi connectivity index (χ3n) is 2.42. The second-order valence-corrected chi connectivity index (χ2v) is 4.11. The Bertz CT molecular complexity index is 398. The van der Waals surface area contributed by atoms with Crippen molar-refractivity contribution in [2.75, 3.05) is 0 Å². The molecule has 1 rings (SSSR count). The predicted molar refractivity (Wildman–Crippen MR) is 56.5 cm³/mol. The summed E-state index contributed by atoms with van der Waals surface area (Å²) in [5.74, 6) is -2.79. The molecule has 0 aliphatic carbocycles. The number of benzene rings is 1. The monoisotopic (exact) mass is 264 g/mol. The second-order valence-electron chi connectivity index (χ2n) is 4.11. The summed E-state index contributed by atoms with van der Waals surface area (Å²) in [4.78, 5) is 10.5. The molecule has 1 aromatic carbocycles. The van der Waals surface area contributed by atoms with Gasteiger partial charge in [-0.05, 0) is 30.0 Å². The summed E-state index contributed by atoms with van der Waals surface area (Å²) in [6.45, 7) is 0. The highest BCUT2D eigenvalue weighted by molar-refractivity contribution is 5.67. The van der Waals surface area contributed by atoms with Crippen LogP contribution in [0.4, 0.5) is 17.6 Å². The summed E-state index contributed by atoms with van der Waals surface area (Å²) in [5.41, 5.74) is 0.493. The van der Waals surface area contributed by atoms with E-state index in [4.69, 9.17) is 5.11 Å². The van der Waals surface area contributed by atoms with Gasteiger partial charge < -0.3 is 5.11 Å². The maximum Gasteiger partial charge on any atom is 0.389 e. The summed E-state index contributed by atoms with van der Waals surface area (Å²) >= 11 is 0. The van der Waals surface area contributed by atoms with E-state index in [1.54, 1.807) is 0 Å². The fourth-order valence-electron chi connectivity index (χ4n) is 1.74. The molecule has 0 saturated carbocycles. The van der Waals surface area contributed by atoms with Gasteiger partial charge in [-0.1, -0.05) is 12.1 Å². The van der Waals surface area contributed by atoms with Crippen molar-refractivity contribution in [3.63, 3.8) is 0 Å². The average molecular weight is 264 g/mol. The van der Waals surface area contributed by atoms with Gasteiger partial charge in [0.05, 0.1) is 0 Å². The molecule has 0 radical (unpaired) electrons. The van der Waals surface area contributed by atoms with Crippen molar-refractivity contribution in [3.8, 4) is 0 Å². The summed E-state index contributed by atoms with van der Waals surface area (Å²) in [6, 6.07) is 5.00. The Balaban J connectivity index is 2.71. The Kier molecular flexibility index (Phi) is 4.69. The maximum atomic E-state index is 12.6. The van der Waals surface area contributed by atoms with Gasteiger partial charge in [-0.15, -0.1) is 0 Å². The van der Waals surface area contributed by atoms with E-state index in [0.29, 0.717) is 5.56 Å². The lowest BCUT2D eigenvalue weighted by molar-refractivity contribution is -0.150. The first-order chi connectivity index (χ1) is 8.26. The molecule has 0 amide bonds. The van der Waals surface area contributed by atoms with Gasteiger partial charge >= 0.3 is 12.1 Å². The van der Waals surface area contributed by atoms with E-state index in [-0.39, 0.29) is 6.42 Å². The van der Waals surface area contributed by atoms with Gasteiger partial charge in [0.25, 0.3) is 0 Å². The molecule has 6 heteroatoms. The zero-order valence-electron chi connectivity index (χ0n) is 9.38. The van der Waals surface area contributed by atoms with Crippen LogP contribution in [0, 0.1) is 11.7 Å². The Morgan fingerprint density at radius 2 is 1.78 bits per heavy atom. The predicted octanol–water partition coefficient (Wildman–Crippen LogP) is 3.41. The first-order valence-corrected chi connectivity index (χ1v) is 5.29. The highest BCUT2D eigenvalue weighted by Gasteiger charge is 2.32. The Hall–Kier alpha value is -1.59. The third kappa shape index (κ3) is 5.65. The Labute approximate surface area is 101 Å². The van der Waals surface area contributed by atoms with Crippen molar-refractivity contribution in [1.82, 2.24) is 0 Å². The first-order valence-electron chi connectivity index (χ1n) is 5.29. The van der Waals surface area contributed by atoms with Gasteiger partial charge in [0.2, 0.25) is 0 Å². The SMILES string of the molecule is O=C(O)CC(Cc1ccc(F)cc1)CC(F)(F)F. The van der Waals surface area contributed by atoms with Gasteiger partial charge in [-0.25, -0.2) is 4.39 Å². The van der Waals surface area contributed by atoms with Crippen molar-refractivity contribution >= 4 is 5.97 Å². The van der Waals surface area contributed by atoms with Crippen LogP contribution in [0.5, 0.6) is 0 Å². The number of aliphatic carboxylic acids is 1. The minimum absolute atomic E-state index is 0.0356. The van der Waals surface area contributed by atoms with Crippen molar-refractivity contribution < 1.29 is 27.5 Å². The molecule has 0 bridgehead atoms. The lowest BCUT2D eigenvalue weighted by atomic mass is 9.93. The minimum Gasteiger partial charge on any atom is -0.481 e. The highest BCUT2D eigenvalue weighted by Crippen LogP contribution is 2.29. The number of rotatable bonds is 5. The van der Waals surface area contributed by atoms with E-state index in [9.17, 15) is 22.4 Å². The molecule has 18 heavy (non-hydrogen) atoms. The Morgan fingerprint density at radius 1 is 1.22 bits per heavy atom. The van der Waals surface area contributed by atoms with Crippen LogP contribution in [0.1, 0.15) is 18.4 Å². The van der Waals surface area contributed by atoms with Gasteiger partial charge in [-0.3, -0.25) is 4.79 Å². The van der Waals surface area contributed by atoms with Gasteiger partial charge in [0, 0.05) is 12.8 Å². The first kappa shape index (κ1) is 14.5. The van der Waals surface area contributed by atoms with Crippen molar-refractivity contribution in [2.24, 2.45) is 5.92 Å². The number of halogens is 4. The number of carbonyl (C=O) groups is 1. The molecule has 1 N–H and O–H groups in total. The average Bonchev–Trinajstić information content (AvgIpc) is 2.18. The van der Waals surface area contributed by atoms with Gasteiger partial charge in [0.1, 0.15) is 5.82 Å². The normalized spacial score (nSPS) is 13.3. The van der Waals surface area contributed by atoms with Crippen LogP contribution in [0.3, 0.4) is 0 Å². The smallest absolute Gasteiger partial charge is 0.389 e. The van der Waals surface area contributed by atoms with Crippen LogP contribution in [0.15, 0.2) is 24.3 Å². The van der Waals surface area contributed by atoms with E-state index < -0.39 is 36.7 Å². The van der Waals surface area contributed by atoms with Crippen LogP contribution in [-0.2, 0) is 11.2 Å². The zero-order valence-corrected chi connectivity index (χ0v) is 9.38. The molecular formula is C12H12F4O2.